The monoisotopic (exact) mass is 464 g/mol. The first-order valence-corrected chi connectivity index (χ1v) is 10.3. The molecule has 1 N–H and O–H groups in total. The van der Waals surface area contributed by atoms with Gasteiger partial charge in [0.05, 0.1) is 23.6 Å². The van der Waals surface area contributed by atoms with Crippen molar-refractivity contribution in [3.05, 3.63) is 57.7 Å². The van der Waals surface area contributed by atoms with Gasteiger partial charge < -0.3 is 14.8 Å². The Kier molecular flexibility index (Phi) is 7.19. The third-order valence-corrected chi connectivity index (χ3v) is 5.41. The van der Waals surface area contributed by atoms with Crippen LogP contribution in [0.1, 0.15) is 12.5 Å². The molecule has 10 heteroatoms. The summed E-state index contributed by atoms with van der Waals surface area (Å²) in [6.45, 7) is 1.74. The van der Waals surface area contributed by atoms with Crippen LogP contribution in [0.4, 0.5) is 14.9 Å². The number of nitrogens with zero attached hydrogens (tertiary/aromatic N) is 1. The van der Waals surface area contributed by atoms with E-state index < -0.39 is 29.4 Å². The zero-order valence-corrected chi connectivity index (χ0v) is 18.2. The van der Waals surface area contributed by atoms with Gasteiger partial charge in [-0.2, -0.15) is 0 Å². The predicted octanol–water partition coefficient (Wildman–Crippen LogP) is 4.56. The van der Waals surface area contributed by atoms with E-state index in [4.69, 9.17) is 21.1 Å². The van der Waals surface area contributed by atoms with Gasteiger partial charge in [0.25, 0.3) is 11.1 Å². The molecule has 1 aliphatic heterocycles. The van der Waals surface area contributed by atoms with E-state index in [9.17, 15) is 18.8 Å². The molecular formula is C21H18ClFN2O5S. The second kappa shape index (κ2) is 9.84. The topological polar surface area (TPSA) is 84.9 Å². The highest BCUT2D eigenvalue weighted by atomic mass is 35.5. The molecule has 0 radical (unpaired) electrons. The number of thioether (sulfide) groups is 1. The van der Waals surface area contributed by atoms with Crippen molar-refractivity contribution in [1.82, 2.24) is 4.90 Å². The Morgan fingerprint density at radius 2 is 1.94 bits per heavy atom. The van der Waals surface area contributed by atoms with E-state index in [1.165, 1.54) is 37.5 Å². The van der Waals surface area contributed by atoms with Crippen molar-refractivity contribution in [2.45, 2.75) is 6.92 Å². The molecule has 1 saturated heterocycles. The molecule has 31 heavy (non-hydrogen) atoms. The molecule has 1 fully saturated rings. The highest BCUT2D eigenvalue weighted by Crippen LogP contribution is 2.37. The van der Waals surface area contributed by atoms with Crippen molar-refractivity contribution in [3.8, 4) is 11.5 Å². The molecule has 3 rings (SSSR count). The Bertz CT molecular complexity index is 1060. The second-order valence-corrected chi connectivity index (χ2v) is 7.68. The minimum Gasteiger partial charge on any atom is -0.493 e. The zero-order valence-electron chi connectivity index (χ0n) is 16.6. The minimum absolute atomic E-state index is 0.120. The first-order chi connectivity index (χ1) is 14.8. The van der Waals surface area contributed by atoms with Crippen molar-refractivity contribution >= 4 is 52.2 Å². The summed E-state index contributed by atoms with van der Waals surface area (Å²) in [7, 11) is 1.48. The summed E-state index contributed by atoms with van der Waals surface area (Å²) in [5, 5.41) is 2.24. The number of rotatable bonds is 7. The van der Waals surface area contributed by atoms with Crippen LogP contribution in [0.3, 0.4) is 0 Å². The first-order valence-electron chi connectivity index (χ1n) is 9.13. The Hall–Kier alpha value is -3.04. The molecule has 0 aliphatic carbocycles. The van der Waals surface area contributed by atoms with Crippen molar-refractivity contribution in [2.24, 2.45) is 0 Å². The fourth-order valence-electron chi connectivity index (χ4n) is 2.74. The van der Waals surface area contributed by atoms with Gasteiger partial charge in [0.15, 0.2) is 11.5 Å². The highest BCUT2D eigenvalue weighted by Gasteiger charge is 2.36. The largest absolute Gasteiger partial charge is 0.493 e. The van der Waals surface area contributed by atoms with Crippen molar-refractivity contribution in [3.63, 3.8) is 0 Å². The molecule has 0 saturated carbocycles. The van der Waals surface area contributed by atoms with E-state index in [2.05, 4.69) is 5.32 Å². The molecule has 0 aromatic heterocycles. The fraction of sp³-hybridized carbons (Fsp3) is 0.190. The van der Waals surface area contributed by atoms with Gasteiger partial charge in [-0.1, -0.05) is 11.6 Å². The van der Waals surface area contributed by atoms with Gasteiger partial charge in [0.2, 0.25) is 5.91 Å². The van der Waals surface area contributed by atoms with E-state index in [1.807, 2.05) is 6.92 Å². The van der Waals surface area contributed by atoms with Crippen LogP contribution in [0.5, 0.6) is 11.5 Å². The van der Waals surface area contributed by atoms with Crippen LogP contribution >= 0.6 is 23.4 Å². The Labute approximate surface area is 187 Å². The van der Waals surface area contributed by atoms with Crippen LogP contribution in [0.2, 0.25) is 5.02 Å². The number of nitrogens with one attached hydrogen (secondary N) is 1. The van der Waals surface area contributed by atoms with Gasteiger partial charge in [0.1, 0.15) is 12.4 Å². The number of hydrogen-bond acceptors (Lipinski definition) is 6. The summed E-state index contributed by atoms with van der Waals surface area (Å²) in [5.41, 5.74) is 0.814. The molecule has 3 amide bonds. The number of benzene rings is 2. The van der Waals surface area contributed by atoms with E-state index in [0.29, 0.717) is 46.1 Å². The van der Waals surface area contributed by atoms with Crippen molar-refractivity contribution < 1.29 is 28.2 Å². The van der Waals surface area contributed by atoms with Crippen LogP contribution in [0.25, 0.3) is 6.08 Å². The summed E-state index contributed by atoms with van der Waals surface area (Å²) < 4.78 is 23.7. The van der Waals surface area contributed by atoms with E-state index in [1.54, 1.807) is 12.1 Å². The predicted molar refractivity (Wildman–Crippen MR) is 117 cm³/mol. The summed E-state index contributed by atoms with van der Waals surface area (Å²) in [6.07, 6.45) is 1.47. The molecule has 0 unspecified atom stereocenters. The number of imide groups is 1. The quantitative estimate of drug-likeness (QED) is 0.604. The molecule has 7 nitrogen and oxygen atoms in total. The molecule has 0 bridgehead atoms. The maximum Gasteiger partial charge on any atom is 0.294 e. The number of carbonyl (C=O) groups excluding carboxylic acids is 3. The minimum atomic E-state index is -0.617. The average molecular weight is 465 g/mol. The van der Waals surface area contributed by atoms with Crippen LogP contribution in [-0.2, 0) is 9.59 Å². The van der Waals surface area contributed by atoms with E-state index in [0.717, 1.165) is 4.90 Å². The Balaban J connectivity index is 1.76. The lowest BCUT2D eigenvalue weighted by Gasteiger charge is -2.13. The van der Waals surface area contributed by atoms with E-state index in [-0.39, 0.29) is 4.91 Å². The molecule has 0 spiro atoms. The van der Waals surface area contributed by atoms with Gasteiger partial charge in [-0.15, -0.1) is 0 Å². The highest BCUT2D eigenvalue weighted by molar-refractivity contribution is 8.18. The zero-order chi connectivity index (χ0) is 22.5. The second-order valence-electron chi connectivity index (χ2n) is 6.28. The SMILES string of the molecule is CCOc1cc(/C=C2\SC(=O)N(CC(=O)Nc3ccc(F)cc3)C2=O)c(Cl)cc1OC. The maximum atomic E-state index is 13.0. The molecule has 162 valence electrons. The lowest BCUT2D eigenvalue weighted by molar-refractivity contribution is -0.127. The van der Waals surface area contributed by atoms with Crippen LogP contribution in [0.15, 0.2) is 41.3 Å². The number of ether oxygens (including phenoxy) is 2. The third kappa shape index (κ3) is 5.36. The third-order valence-electron chi connectivity index (χ3n) is 4.17. The summed E-state index contributed by atoms with van der Waals surface area (Å²) >= 11 is 6.98. The molecule has 1 aliphatic rings. The number of hydrogen-bond donors (Lipinski definition) is 1. The van der Waals surface area contributed by atoms with Gasteiger partial charge in [-0.3, -0.25) is 19.3 Å². The normalized spacial score (nSPS) is 14.8. The molecular weight excluding hydrogens is 447 g/mol. The summed E-state index contributed by atoms with van der Waals surface area (Å²) in [5.74, 6) is -0.766. The fourth-order valence-corrected chi connectivity index (χ4v) is 3.78. The van der Waals surface area contributed by atoms with Gasteiger partial charge in [0, 0.05) is 11.8 Å². The Morgan fingerprint density at radius 1 is 1.23 bits per heavy atom. The van der Waals surface area contributed by atoms with Gasteiger partial charge in [-0.05, 0) is 60.7 Å². The van der Waals surface area contributed by atoms with Crippen molar-refractivity contribution in [2.75, 3.05) is 25.6 Å². The number of amides is 3. The summed E-state index contributed by atoms with van der Waals surface area (Å²) in [4.78, 5) is 38.1. The van der Waals surface area contributed by atoms with E-state index >= 15 is 0 Å². The smallest absolute Gasteiger partial charge is 0.294 e. The van der Waals surface area contributed by atoms with Crippen molar-refractivity contribution in [1.29, 1.82) is 0 Å². The number of halogens is 2. The molecule has 0 atom stereocenters. The van der Waals surface area contributed by atoms with Crippen LogP contribution in [-0.4, -0.2) is 42.2 Å². The molecule has 2 aromatic rings. The van der Waals surface area contributed by atoms with Crippen LogP contribution < -0.4 is 14.8 Å². The van der Waals surface area contributed by atoms with Crippen LogP contribution in [0, 0.1) is 5.82 Å². The molecule has 2 aromatic carbocycles. The summed E-state index contributed by atoms with van der Waals surface area (Å²) in [6, 6.07) is 8.30. The Morgan fingerprint density at radius 3 is 2.58 bits per heavy atom. The average Bonchev–Trinajstić information content (AvgIpc) is 2.99. The van der Waals surface area contributed by atoms with Gasteiger partial charge in [-0.25, -0.2) is 4.39 Å². The number of carbonyl (C=O) groups is 3. The standard InChI is InChI=1S/C21H18ClFN2O5S/c1-3-30-17-8-12(15(22)10-16(17)29-2)9-18-20(27)25(21(28)31-18)11-19(26)24-14-6-4-13(23)5-7-14/h4-10H,3,11H2,1-2H3,(H,24,26)/b18-9-. The molecule has 1 heterocycles. The number of methoxy groups -OCH3 is 1. The first kappa shape index (κ1) is 22.6. The van der Waals surface area contributed by atoms with Gasteiger partial charge >= 0.3 is 0 Å². The number of anilines is 1. The lowest BCUT2D eigenvalue weighted by atomic mass is 10.1. The lowest BCUT2D eigenvalue weighted by Crippen LogP contribution is -2.36. The maximum absolute atomic E-state index is 13.0.